The molecular formula is C39H57N5O10S. The SMILES string of the molecule is COc1cc(=O)c2cc(CCCC[C@H](C)COC(=O)N[C@H]3CCCCCCCCC(C(=O)NS(=O)(=O)C4CC4)NC(=O)[C@@H]4CCCN4C3=O)c(OC)cc2[nH]1. The largest absolute Gasteiger partial charge is 0.496 e. The number of benzene rings is 1. The summed E-state index contributed by atoms with van der Waals surface area (Å²) in [6.07, 6.45) is 9.94. The molecule has 1 unspecified atom stereocenters. The topological polar surface area (TPSA) is 202 Å². The van der Waals surface area contributed by atoms with Crippen molar-refractivity contribution in [2.24, 2.45) is 5.92 Å². The summed E-state index contributed by atoms with van der Waals surface area (Å²) in [4.78, 5) is 70.8. The minimum atomic E-state index is -3.79. The molecule has 5 rings (SSSR count). The molecule has 2 saturated heterocycles. The van der Waals surface area contributed by atoms with Crippen molar-refractivity contribution in [3.05, 3.63) is 34.0 Å². The Kier molecular flexibility index (Phi) is 14.8. The highest BCUT2D eigenvalue weighted by molar-refractivity contribution is 7.90. The van der Waals surface area contributed by atoms with Gasteiger partial charge in [-0.25, -0.2) is 13.2 Å². The summed E-state index contributed by atoms with van der Waals surface area (Å²) < 4.78 is 43.5. The van der Waals surface area contributed by atoms with Crippen molar-refractivity contribution in [3.63, 3.8) is 0 Å². The predicted molar refractivity (Wildman–Crippen MR) is 206 cm³/mol. The number of nitrogens with one attached hydrogen (secondary N) is 4. The average molecular weight is 788 g/mol. The Balaban J connectivity index is 1.13. The third-order valence-electron chi connectivity index (χ3n) is 10.8. The Morgan fingerprint density at radius 3 is 2.35 bits per heavy atom. The van der Waals surface area contributed by atoms with Gasteiger partial charge < -0.3 is 34.7 Å². The molecule has 15 nitrogen and oxygen atoms in total. The number of ether oxygens (including phenoxy) is 3. The fourth-order valence-corrected chi connectivity index (χ4v) is 8.81. The van der Waals surface area contributed by atoms with Crippen LogP contribution in [0.2, 0.25) is 0 Å². The maximum atomic E-state index is 13.9. The highest BCUT2D eigenvalue weighted by Crippen LogP contribution is 2.28. The zero-order valence-electron chi connectivity index (χ0n) is 32.3. The first-order chi connectivity index (χ1) is 26.4. The number of rotatable bonds is 13. The summed E-state index contributed by atoms with van der Waals surface area (Å²) in [6, 6.07) is 2.33. The number of nitrogens with zero attached hydrogens (tertiary/aromatic N) is 1. The van der Waals surface area contributed by atoms with E-state index in [0.29, 0.717) is 86.9 Å². The van der Waals surface area contributed by atoms with E-state index < -0.39 is 51.3 Å². The minimum Gasteiger partial charge on any atom is -0.496 e. The molecule has 1 saturated carbocycles. The van der Waals surface area contributed by atoms with Crippen LogP contribution in [0.5, 0.6) is 11.6 Å². The third kappa shape index (κ3) is 11.6. The highest BCUT2D eigenvalue weighted by Gasteiger charge is 2.41. The predicted octanol–water partition coefficient (Wildman–Crippen LogP) is 4.21. The van der Waals surface area contributed by atoms with Crippen LogP contribution in [0.15, 0.2) is 23.0 Å². The Morgan fingerprint density at radius 2 is 1.64 bits per heavy atom. The Morgan fingerprint density at radius 1 is 0.909 bits per heavy atom. The van der Waals surface area contributed by atoms with Gasteiger partial charge in [0.05, 0.1) is 31.6 Å². The average Bonchev–Trinajstić information content (AvgIpc) is 3.92. The van der Waals surface area contributed by atoms with Crippen molar-refractivity contribution in [3.8, 4) is 11.6 Å². The third-order valence-corrected chi connectivity index (χ3v) is 12.7. The van der Waals surface area contributed by atoms with Crippen molar-refractivity contribution in [1.82, 2.24) is 25.2 Å². The number of carbonyl (C=O) groups is 4. The van der Waals surface area contributed by atoms with Crippen LogP contribution in [-0.2, 0) is 35.6 Å². The normalized spacial score (nSPS) is 22.1. The van der Waals surface area contributed by atoms with E-state index in [9.17, 15) is 32.4 Å². The van der Waals surface area contributed by atoms with Gasteiger partial charge in [0.15, 0.2) is 11.3 Å². The molecular weight excluding hydrogens is 731 g/mol. The van der Waals surface area contributed by atoms with Gasteiger partial charge in [-0.3, -0.25) is 23.9 Å². The maximum absolute atomic E-state index is 13.9. The molecule has 0 bridgehead atoms. The molecule has 3 fully saturated rings. The van der Waals surface area contributed by atoms with Gasteiger partial charge in [0.1, 0.15) is 23.9 Å². The molecule has 55 heavy (non-hydrogen) atoms. The summed E-state index contributed by atoms with van der Waals surface area (Å²) in [7, 11) is -0.697. The number of H-pyrrole nitrogens is 1. The number of aryl methyl sites for hydroxylation is 1. The van der Waals surface area contributed by atoms with Crippen molar-refractivity contribution >= 4 is 44.7 Å². The molecule has 1 aliphatic carbocycles. The van der Waals surface area contributed by atoms with E-state index in [1.807, 2.05) is 19.1 Å². The Labute approximate surface area is 323 Å². The molecule has 4 N–H and O–H groups in total. The van der Waals surface area contributed by atoms with Crippen molar-refractivity contribution < 1.29 is 41.8 Å². The molecule has 4 atom stereocenters. The summed E-state index contributed by atoms with van der Waals surface area (Å²) >= 11 is 0. The van der Waals surface area contributed by atoms with Gasteiger partial charge >= 0.3 is 6.09 Å². The first kappa shape index (κ1) is 41.8. The van der Waals surface area contributed by atoms with E-state index in [4.69, 9.17) is 14.2 Å². The zero-order chi connectivity index (χ0) is 39.5. The van der Waals surface area contributed by atoms with E-state index in [1.54, 1.807) is 7.11 Å². The first-order valence-electron chi connectivity index (χ1n) is 19.8. The summed E-state index contributed by atoms with van der Waals surface area (Å²) in [6.45, 7) is 2.48. The second-order valence-corrected chi connectivity index (χ2v) is 17.2. The highest BCUT2D eigenvalue weighted by atomic mass is 32.2. The van der Waals surface area contributed by atoms with Crippen LogP contribution < -0.4 is 30.3 Å². The molecule has 3 aliphatic rings. The Hall–Kier alpha value is -4.34. The lowest BCUT2D eigenvalue weighted by atomic mass is 10.00. The van der Waals surface area contributed by atoms with Gasteiger partial charge in [0, 0.05) is 24.1 Å². The van der Waals surface area contributed by atoms with Crippen LogP contribution in [0.4, 0.5) is 4.79 Å². The van der Waals surface area contributed by atoms with Gasteiger partial charge in [0.2, 0.25) is 21.8 Å². The van der Waals surface area contributed by atoms with Crippen LogP contribution in [0, 0.1) is 5.92 Å². The number of amides is 4. The molecule has 2 aliphatic heterocycles. The van der Waals surface area contributed by atoms with Crippen molar-refractivity contribution in [2.75, 3.05) is 27.4 Å². The van der Waals surface area contributed by atoms with Gasteiger partial charge in [0.25, 0.3) is 5.91 Å². The minimum absolute atomic E-state index is 0.0549. The number of unbranched alkanes of at least 4 members (excludes halogenated alkanes) is 1. The molecule has 4 amide bonds. The van der Waals surface area contributed by atoms with Gasteiger partial charge in [-0.2, -0.15) is 0 Å². The smallest absolute Gasteiger partial charge is 0.407 e. The molecule has 1 aromatic carbocycles. The number of aromatic amines is 1. The quantitative estimate of drug-likeness (QED) is 0.213. The number of hydrogen-bond acceptors (Lipinski definition) is 10. The summed E-state index contributed by atoms with van der Waals surface area (Å²) in [5.41, 5.74) is 1.43. The van der Waals surface area contributed by atoms with Crippen LogP contribution in [0.1, 0.15) is 109 Å². The molecule has 0 radical (unpaired) electrons. The van der Waals surface area contributed by atoms with Gasteiger partial charge in [-0.1, -0.05) is 51.9 Å². The molecule has 2 aromatic rings. The first-order valence-corrected chi connectivity index (χ1v) is 21.3. The number of hydrogen-bond donors (Lipinski definition) is 4. The fraction of sp³-hybridized carbons (Fsp3) is 0.667. The number of aromatic nitrogens is 1. The van der Waals surface area contributed by atoms with Gasteiger partial charge in [-0.15, -0.1) is 0 Å². The van der Waals surface area contributed by atoms with Gasteiger partial charge in [-0.05, 0) is 75.3 Å². The number of alkyl carbamates (subject to hydrolysis) is 1. The maximum Gasteiger partial charge on any atom is 0.407 e. The molecule has 0 spiro atoms. The van der Waals surface area contributed by atoms with E-state index in [1.165, 1.54) is 18.1 Å². The van der Waals surface area contributed by atoms with E-state index in [-0.39, 0.29) is 23.9 Å². The number of pyridine rings is 1. The lowest BCUT2D eigenvalue weighted by Gasteiger charge is -2.29. The van der Waals surface area contributed by atoms with Crippen LogP contribution in [0.3, 0.4) is 0 Å². The lowest BCUT2D eigenvalue weighted by molar-refractivity contribution is -0.140. The second-order valence-electron chi connectivity index (χ2n) is 15.2. The number of fused-ring (bicyclic) bond motifs is 2. The van der Waals surface area contributed by atoms with E-state index in [0.717, 1.165) is 50.5 Å². The van der Waals surface area contributed by atoms with Crippen molar-refractivity contribution in [2.45, 2.75) is 133 Å². The standard InChI is InChI=1S/C39H57N5O10S/c1-25(13-10-11-14-26-21-28-31(22-34(26)52-2)40-35(53-3)23-33(28)45)24-54-39(49)42-30-16-9-7-5-4-6-8-15-29(36(46)43-55(50,51)27-18-19-27)41-37(47)32-17-12-20-44(32)38(30)48/h21-23,25,27,29-30,32H,4-20,24H2,1-3H3,(H,40,45)(H,41,47)(H,42,49)(H,43,46)/t25-,29?,30-,32-/m0/s1. The lowest BCUT2D eigenvalue weighted by Crippen LogP contribution is -2.56. The second kappa shape index (κ2) is 19.5. The fourth-order valence-electron chi connectivity index (χ4n) is 7.46. The molecule has 3 heterocycles. The zero-order valence-corrected chi connectivity index (χ0v) is 33.1. The van der Waals surface area contributed by atoms with E-state index >= 15 is 0 Å². The number of methoxy groups -OCH3 is 2. The summed E-state index contributed by atoms with van der Waals surface area (Å²) in [5, 5.41) is 5.51. The summed E-state index contributed by atoms with van der Waals surface area (Å²) in [5.74, 6) is -0.514. The van der Waals surface area contributed by atoms with Crippen LogP contribution in [-0.4, -0.2) is 92.9 Å². The van der Waals surface area contributed by atoms with Crippen LogP contribution in [0.25, 0.3) is 10.9 Å². The molecule has 1 aromatic heterocycles. The van der Waals surface area contributed by atoms with E-state index in [2.05, 4.69) is 20.3 Å². The van der Waals surface area contributed by atoms with Crippen LogP contribution >= 0.6 is 0 Å². The molecule has 16 heteroatoms. The van der Waals surface area contributed by atoms with Crippen molar-refractivity contribution in [1.29, 1.82) is 0 Å². The number of sulfonamides is 1. The monoisotopic (exact) mass is 787 g/mol. The Bertz CT molecular complexity index is 1850. The number of carbonyl (C=O) groups excluding carboxylic acids is 4. The molecule has 304 valence electrons.